The van der Waals surface area contributed by atoms with Gasteiger partial charge in [0.1, 0.15) is 19.3 Å². The van der Waals surface area contributed by atoms with Crippen LogP contribution in [-0.4, -0.2) is 96.7 Å². The van der Waals surface area contributed by atoms with Crippen molar-refractivity contribution in [3.8, 4) is 0 Å². The first kappa shape index (κ1) is 96.1. The van der Waals surface area contributed by atoms with E-state index >= 15 is 0 Å². The van der Waals surface area contributed by atoms with Crippen LogP contribution in [0.5, 0.6) is 0 Å². The minimum absolute atomic E-state index is 0.108. The summed E-state index contributed by atoms with van der Waals surface area (Å²) in [6, 6.07) is 0. The van der Waals surface area contributed by atoms with Crippen LogP contribution in [0.1, 0.15) is 414 Å². The molecule has 0 radical (unpaired) electrons. The highest BCUT2D eigenvalue weighted by molar-refractivity contribution is 7.47. The third kappa shape index (κ3) is 72.4. The number of carbonyl (C=O) groups excluding carboxylic acids is 4. The highest BCUT2D eigenvalue weighted by atomic mass is 31.2. The lowest BCUT2D eigenvalue weighted by molar-refractivity contribution is -0.161. The van der Waals surface area contributed by atoms with Gasteiger partial charge in [0.2, 0.25) is 0 Å². The molecule has 98 heavy (non-hydrogen) atoms. The smallest absolute Gasteiger partial charge is 0.462 e. The second-order valence-electron chi connectivity index (χ2n) is 29.4. The van der Waals surface area contributed by atoms with E-state index in [1.807, 2.05) is 0 Å². The molecule has 5 atom stereocenters. The van der Waals surface area contributed by atoms with Crippen molar-refractivity contribution in [3.63, 3.8) is 0 Å². The number of unbranched alkanes of at least 4 members (excludes halogenated alkanes) is 48. The van der Waals surface area contributed by atoms with Crippen LogP contribution in [0.15, 0.2) is 0 Å². The highest BCUT2D eigenvalue weighted by Crippen LogP contribution is 2.45. The second-order valence-corrected chi connectivity index (χ2v) is 32.3. The maximum Gasteiger partial charge on any atom is 0.472 e. The Morgan fingerprint density at radius 1 is 0.276 bits per heavy atom. The van der Waals surface area contributed by atoms with Crippen molar-refractivity contribution in [2.45, 2.75) is 432 Å². The largest absolute Gasteiger partial charge is 0.472 e. The Kier molecular flexibility index (Phi) is 69.3. The number of aliphatic hydroxyl groups excluding tert-OH is 1. The summed E-state index contributed by atoms with van der Waals surface area (Å²) in [4.78, 5) is 73.0. The predicted molar refractivity (Wildman–Crippen MR) is 400 cm³/mol. The topological polar surface area (TPSA) is 237 Å². The van der Waals surface area contributed by atoms with Crippen LogP contribution >= 0.6 is 15.6 Å². The number of rotatable bonds is 78. The first-order valence-electron chi connectivity index (χ1n) is 41.0. The molecule has 0 heterocycles. The molecule has 0 aliphatic carbocycles. The lowest BCUT2D eigenvalue weighted by atomic mass is 10.0. The van der Waals surface area contributed by atoms with E-state index in [1.54, 1.807) is 0 Å². The zero-order valence-electron chi connectivity index (χ0n) is 64.1. The minimum atomic E-state index is -4.96. The molecule has 0 rings (SSSR count). The van der Waals surface area contributed by atoms with E-state index in [4.69, 9.17) is 37.0 Å². The molecule has 0 fully saturated rings. The van der Waals surface area contributed by atoms with E-state index in [2.05, 4.69) is 41.5 Å². The maximum atomic E-state index is 13.1. The number of aliphatic hydroxyl groups is 1. The molecule has 17 nitrogen and oxygen atoms in total. The van der Waals surface area contributed by atoms with Gasteiger partial charge in [-0.05, 0) is 37.5 Å². The number of esters is 4. The third-order valence-corrected chi connectivity index (χ3v) is 20.4. The Labute approximate surface area is 600 Å². The van der Waals surface area contributed by atoms with Crippen molar-refractivity contribution in [3.05, 3.63) is 0 Å². The summed E-state index contributed by atoms with van der Waals surface area (Å²) >= 11 is 0. The average molecular weight is 1440 g/mol. The summed E-state index contributed by atoms with van der Waals surface area (Å²) in [5.41, 5.74) is 0. The molecule has 0 amide bonds. The zero-order valence-corrected chi connectivity index (χ0v) is 65.9. The van der Waals surface area contributed by atoms with Crippen molar-refractivity contribution in [2.24, 2.45) is 11.8 Å². The molecule has 0 aromatic carbocycles. The molecule has 0 aliphatic rings. The van der Waals surface area contributed by atoms with Gasteiger partial charge >= 0.3 is 39.5 Å². The van der Waals surface area contributed by atoms with Crippen LogP contribution in [0, 0.1) is 11.8 Å². The number of hydrogen-bond donors (Lipinski definition) is 3. The van der Waals surface area contributed by atoms with E-state index in [0.29, 0.717) is 25.7 Å². The summed E-state index contributed by atoms with van der Waals surface area (Å²) in [7, 11) is -9.92. The fourth-order valence-corrected chi connectivity index (χ4v) is 13.8. The fourth-order valence-electron chi connectivity index (χ4n) is 12.2. The van der Waals surface area contributed by atoms with Gasteiger partial charge in [0, 0.05) is 25.7 Å². The van der Waals surface area contributed by atoms with Gasteiger partial charge in [-0.3, -0.25) is 37.3 Å². The molecule has 582 valence electrons. The van der Waals surface area contributed by atoms with Crippen molar-refractivity contribution in [2.75, 3.05) is 39.6 Å². The molecule has 0 aromatic rings. The maximum absolute atomic E-state index is 13.1. The number of phosphoric ester groups is 2. The van der Waals surface area contributed by atoms with Gasteiger partial charge in [-0.1, -0.05) is 363 Å². The van der Waals surface area contributed by atoms with Gasteiger partial charge in [-0.2, -0.15) is 0 Å². The van der Waals surface area contributed by atoms with Crippen LogP contribution in [-0.2, 0) is 65.4 Å². The SMILES string of the molecule is CCCCCCCCCCCCCCC(=O)OC[C@H](COP(=O)(O)OC[C@H](O)COP(=O)(O)OC[C@@H](COC(=O)CCCCCCCCCCCCCCCCC(C)C)OC(=O)CCCCCCCCCCCCCCCCC(C)C)OC(=O)CCCCCCCCCCCCCC. The van der Waals surface area contributed by atoms with E-state index in [-0.39, 0.29) is 25.7 Å². The molecule has 0 spiro atoms. The Hall–Kier alpha value is -1.94. The summed E-state index contributed by atoms with van der Waals surface area (Å²) < 4.78 is 68.7. The summed E-state index contributed by atoms with van der Waals surface area (Å²) in [6.07, 6.45) is 59.5. The van der Waals surface area contributed by atoms with Crippen LogP contribution in [0.3, 0.4) is 0 Å². The molecular formula is C79H154O17P2. The van der Waals surface area contributed by atoms with Crippen LogP contribution < -0.4 is 0 Å². The molecule has 19 heteroatoms. The lowest BCUT2D eigenvalue weighted by Crippen LogP contribution is -2.30. The summed E-state index contributed by atoms with van der Waals surface area (Å²) in [6.45, 7) is 9.67. The van der Waals surface area contributed by atoms with Gasteiger partial charge < -0.3 is 33.8 Å². The number of phosphoric acid groups is 2. The zero-order chi connectivity index (χ0) is 72.1. The van der Waals surface area contributed by atoms with Gasteiger partial charge in [0.05, 0.1) is 26.4 Å². The average Bonchev–Trinajstić information content (AvgIpc) is 1.10. The highest BCUT2D eigenvalue weighted by Gasteiger charge is 2.30. The Bertz CT molecular complexity index is 1890. The molecule has 2 unspecified atom stereocenters. The molecular weight excluding hydrogens is 1280 g/mol. The molecule has 0 bridgehead atoms. The van der Waals surface area contributed by atoms with Crippen LogP contribution in [0.4, 0.5) is 0 Å². The van der Waals surface area contributed by atoms with Crippen molar-refractivity contribution >= 4 is 39.5 Å². The van der Waals surface area contributed by atoms with E-state index in [9.17, 15) is 43.2 Å². The summed E-state index contributed by atoms with van der Waals surface area (Å²) in [5, 5.41) is 10.6. The standard InChI is InChI=1S/C79H154O17P2/c1-7-9-11-13-15-17-19-31-37-43-49-55-61-76(81)89-67-74(95-78(83)63-57-51-45-39-32-20-18-16-14-12-10-8-2)69-93-97(85,86)91-65-73(80)66-92-98(87,88)94-70-75(96-79(84)64-58-52-46-40-34-28-24-22-26-30-36-42-48-54-60-72(5)6)68-90-77(82)62-56-50-44-38-33-27-23-21-25-29-35-41-47-53-59-71(3)4/h71-75,80H,7-70H2,1-6H3,(H,85,86)(H,87,88)/t73-,74+,75+/m0/s1. The number of ether oxygens (including phenoxy) is 4. The Balaban J connectivity index is 5.25. The molecule has 0 saturated heterocycles. The van der Waals surface area contributed by atoms with E-state index in [1.165, 1.54) is 231 Å². The van der Waals surface area contributed by atoms with Gasteiger partial charge in [0.25, 0.3) is 0 Å². The van der Waals surface area contributed by atoms with Crippen LogP contribution in [0.25, 0.3) is 0 Å². The lowest BCUT2D eigenvalue weighted by Gasteiger charge is -2.21. The van der Waals surface area contributed by atoms with Crippen molar-refractivity contribution in [1.82, 2.24) is 0 Å². The van der Waals surface area contributed by atoms with E-state index < -0.39 is 97.5 Å². The fraction of sp³-hybridized carbons (Fsp3) is 0.949. The normalized spacial score (nSPS) is 13.9. The molecule has 0 saturated carbocycles. The van der Waals surface area contributed by atoms with Gasteiger partial charge in [-0.25, -0.2) is 9.13 Å². The Morgan fingerprint density at radius 3 is 0.694 bits per heavy atom. The van der Waals surface area contributed by atoms with Crippen LogP contribution in [0.2, 0.25) is 0 Å². The Morgan fingerprint density at radius 2 is 0.469 bits per heavy atom. The summed E-state index contributed by atoms with van der Waals surface area (Å²) in [5.74, 6) is -0.514. The van der Waals surface area contributed by atoms with Gasteiger partial charge in [-0.15, -0.1) is 0 Å². The van der Waals surface area contributed by atoms with Crippen molar-refractivity contribution < 1.29 is 80.2 Å². The minimum Gasteiger partial charge on any atom is -0.462 e. The first-order valence-corrected chi connectivity index (χ1v) is 44.0. The number of carbonyl (C=O) groups is 4. The van der Waals surface area contributed by atoms with Crippen molar-refractivity contribution in [1.29, 1.82) is 0 Å². The number of hydrogen-bond acceptors (Lipinski definition) is 15. The monoisotopic (exact) mass is 1440 g/mol. The molecule has 0 aliphatic heterocycles. The molecule has 3 N–H and O–H groups in total. The van der Waals surface area contributed by atoms with E-state index in [0.717, 1.165) is 102 Å². The van der Waals surface area contributed by atoms with Gasteiger partial charge in [0.15, 0.2) is 12.2 Å². The third-order valence-electron chi connectivity index (χ3n) is 18.5. The quantitative estimate of drug-likeness (QED) is 0.0222. The molecule has 0 aromatic heterocycles. The second kappa shape index (κ2) is 70.7. The predicted octanol–water partition coefficient (Wildman–Crippen LogP) is 23.5. The first-order chi connectivity index (χ1) is 47.4.